The second-order valence-corrected chi connectivity index (χ2v) is 8.68. The molecule has 7 heteroatoms. The highest BCUT2D eigenvalue weighted by Gasteiger charge is 2.64. The first-order chi connectivity index (χ1) is 11.8. The normalized spacial score (nSPS) is 39.3. The number of hydrogen-bond donors (Lipinski definition) is 2. The van der Waals surface area contributed by atoms with Gasteiger partial charge in [-0.25, -0.2) is 13.6 Å². The summed E-state index contributed by atoms with van der Waals surface area (Å²) in [6.07, 6.45) is 4.35. The molecule has 2 atom stereocenters. The average Bonchev–Trinajstić information content (AvgIpc) is 2.52. The number of rotatable bonds is 2. The number of urea groups is 1. The van der Waals surface area contributed by atoms with Crippen molar-refractivity contribution in [3.05, 3.63) is 0 Å². The van der Waals surface area contributed by atoms with E-state index in [0.29, 0.717) is 44.7 Å². The van der Waals surface area contributed by atoms with Gasteiger partial charge in [0.1, 0.15) is 0 Å². The lowest BCUT2D eigenvalue weighted by Gasteiger charge is -2.59. The van der Waals surface area contributed by atoms with E-state index in [9.17, 15) is 18.4 Å². The Hall–Kier alpha value is -1.40. The lowest BCUT2D eigenvalue weighted by Crippen LogP contribution is -2.67. The Morgan fingerprint density at radius 1 is 1.04 bits per heavy atom. The summed E-state index contributed by atoms with van der Waals surface area (Å²) in [6.45, 7) is 2.87. The summed E-state index contributed by atoms with van der Waals surface area (Å²) in [4.78, 5) is 25.6. The lowest BCUT2D eigenvalue weighted by atomic mass is 9.51. The predicted octanol–water partition coefficient (Wildman–Crippen LogP) is 2.51. The first kappa shape index (κ1) is 17.0. The number of likely N-dealkylation sites (tertiary alicyclic amines) is 1. The van der Waals surface area contributed by atoms with Crippen molar-refractivity contribution < 1.29 is 18.4 Å². The third-order valence-electron chi connectivity index (χ3n) is 6.93. The maximum atomic E-state index is 14.3. The first-order valence-corrected chi connectivity index (χ1v) is 9.49. The molecular formula is C18H27F2N3O2. The van der Waals surface area contributed by atoms with Gasteiger partial charge in [-0.3, -0.25) is 4.79 Å². The molecule has 5 aliphatic rings. The molecule has 3 amide bonds. The average molecular weight is 355 g/mol. The van der Waals surface area contributed by atoms with Gasteiger partial charge in [-0.2, -0.15) is 0 Å². The van der Waals surface area contributed by atoms with Gasteiger partial charge in [0.2, 0.25) is 5.91 Å². The number of carbonyl (C=O) groups is 2. The van der Waals surface area contributed by atoms with Crippen LogP contribution in [0.15, 0.2) is 0 Å². The molecular weight excluding hydrogens is 328 g/mol. The molecule has 5 nitrogen and oxygen atoms in total. The standard InChI is InChI=1S/C18H27F2N3O2/c1-11(24)23-4-2-15(3-5-23)21-16(25)22-17-8-12-6-13(9-17)18(19,20)14(7-12)10-17/h12-15H,2-10H2,1H3,(H2,21,22,25). The van der Waals surface area contributed by atoms with Gasteiger partial charge < -0.3 is 15.5 Å². The van der Waals surface area contributed by atoms with E-state index in [-0.39, 0.29) is 18.0 Å². The molecule has 140 valence electrons. The molecule has 5 fully saturated rings. The highest BCUT2D eigenvalue weighted by atomic mass is 19.3. The molecule has 0 spiro atoms. The Morgan fingerprint density at radius 3 is 2.20 bits per heavy atom. The van der Waals surface area contributed by atoms with Crippen LogP contribution in [-0.4, -0.2) is 47.4 Å². The van der Waals surface area contributed by atoms with Crippen LogP contribution in [0.5, 0.6) is 0 Å². The summed E-state index contributed by atoms with van der Waals surface area (Å²) < 4.78 is 28.7. The number of nitrogens with zero attached hydrogens (tertiary/aromatic N) is 1. The Balaban J connectivity index is 1.34. The van der Waals surface area contributed by atoms with Gasteiger partial charge in [0.15, 0.2) is 0 Å². The predicted molar refractivity (Wildman–Crippen MR) is 88.2 cm³/mol. The minimum absolute atomic E-state index is 0.0472. The fourth-order valence-electron chi connectivity index (χ4n) is 5.85. The van der Waals surface area contributed by atoms with Crippen LogP contribution < -0.4 is 10.6 Å². The van der Waals surface area contributed by atoms with Crippen molar-refractivity contribution in [3.63, 3.8) is 0 Å². The van der Waals surface area contributed by atoms with Crippen molar-refractivity contribution in [3.8, 4) is 0 Å². The molecule has 0 radical (unpaired) electrons. The van der Waals surface area contributed by atoms with Crippen LogP contribution in [0.25, 0.3) is 0 Å². The molecule has 1 heterocycles. The molecule has 4 bridgehead atoms. The molecule has 4 aliphatic carbocycles. The maximum Gasteiger partial charge on any atom is 0.315 e. The Labute approximate surface area is 146 Å². The van der Waals surface area contributed by atoms with Gasteiger partial charge in [-0.05, 0) is 50.9 Å². The SMILES string of the molecule is CC(=O)N1CCC(NC(=O)NC23CC4CC(C2)C(F)(F)C(C4)C3)CC1. The molecule has 4 saturated carbocycles. The fraction of sp³-hybridized carbons (Fsp3) is 0.889. The monoisotopic (exact) mass is 355 g/mol. The van der Waals surface area contributed by atoms with Crippen molar-refractivity contribution in [2.24, 2.45) is 17.8 Å². The van der Waals surface area contributed by atoms with Crippen LogP contribution in [0.4, 0.5) is 13.6 Å². The summed E-state index contributed by atoms with van der Waals surface area (Å²) in [6, 6.07) is -0.183. The maximum absolute atomic E-state index is 14.3. The summed E-state index contributed by atoms with van der Waals surface area (Å²) in [5.74, 6) is -3.30. The van der Waals surface area contributed by atoms with E-state index >= 15 is 0 Å². The molecule has 0 aromatic rings. The Kier molecular flexibility index (Phi) is 3.96. The molecule has 25 heavy (non-hydrogen) atoms. The van der Waals surface area contributed by atoms with Gasteiger partial charge in [-0.15, -0.1) is 0 Å². The van der Waals surface area contributed by atoms with Gasteiger partial charge in [0.25, 0.3) is 5.92 Å². The van der Waals surface area contributed by atoms with Crippen LogP contribution >= 0.6 is 0 Å². The third kappa shape index (κ3) is 2.99. The lowest BCUT2D eigenvalue weighted by molar-refractivity contribution is -0.209. The molecule has 2 N–H and O–H groups in total. The van der Waals surface area contributed by atoms with E-state index in [1.54, 1.807) is 11.8 Å². The van der Waals surface area contributed by atoms with Crippen molar-refractivity contribution in [2.75, 3.05) is 13.1 Å². The van der Waals surface area contributed by atoms with E-state index in [2.05, 4.69) is 10.6 Å². The smallest absolute Gasteiger partial charge is 0.315 e. The van der Waals surface area contributed by atoms with E-state index in [0.717, 1.165) is 19.3 Å². The summed E-state index contributed by atoms with van der Waals surface area (Å²) in [7, 11) is 0. The number of amides is 3. The van der Waals surface area contributed by atoms with Gasteiger partial charge in [0.05, 0.1) is 0 Å². The highest BCUT2D eigenvalue weighted by molar-refractivity contribution is 5.75. The number of hydrogen-bond acceptors (Lipinski definition) is 2. The zero-order valence-corrected chi connectivity index (χ0v) is 14.7. The van der Waals surface area contributed by atoms with Gasteiger partial charge in [-0.1, -0.05) is 0 Å². The van der Waals surface area contributed by atoms with Crippen LogP contribution in [0, 0.1) is 17.8 Å². The molecule has 1 aliphatic heterocycles. The van der Waals surface area contributed by atoms with E-state index in [4.69, 9.17) is 0 Å². The molecule has 0 aromatic carbocycles. The largest absolute Gasteiger partial charge is 0.343 e. The minimum Gasteiger partial charge on any atom is -0.343 e. The summed E-state index contributed by atoms with van der Waals surface area (Å²) in [5, 5.41) is 6.08. The van der Waals surface area contributed by atoms with Crippen molar-refractivity contribution in [2.45, 2.75) is 69.4 Å². The van der Waals surface area contributed by atoms with E-state index in [1.165, 1.54) is 0 Å². The fourth-order valence-corrected chi connectivity index (χ4v) is 5.85. The van der Waals surface area contributed by atoms with Crippen LogP contribution in [0.3, 0.4) is 0 Å². The zero-order chi connectivity index (χ0) is 17.8. The van der Waals surface area contributed by atoms with Crippen molar-refractivity contribution in [1.29, 1.82) is 0 Å². The third-order valence-corrected chi connectivity index (χ3v) is 6.93. The Morgan fingerprint density at radius 2 is 1.64 bits per heavy atom. The topological polar surface area (TPSA) is 61.4 Å². The van der Waals surface area contributed by atoms with Crippen LogP contribution in [-0.2, 0) is 4.79 Å². The van der Waals surface area contributed by atoms with Gasteiger partial charge in [0, 0.05) is 43.4 Å². The number of carbonyl (C=O) groups excluding carboxylic acids is 2. The van der Waals surface area contributed by atoms with E-state index in [1.807, 2.05) is 0 Å². The second kappa shape index (κ2) is 5.81. The molecule has 2 unspecified atom stereocenters. The highest BCUT2D eigenvalue weighted by Crippen LogP contribution is 2.61. The first-order valence-electron chi connectivity index (χ1n) is 9.49. The van der Waals surface area contributed by atoms with Crippen LogP contribution in [0.2, 0.25) is 0 Å². The van der Waals surface area contributed by atoms with Crippen molar-refractivity contribution in [1.82, 2.24) is 15.5 Å². The van der Waals surface area contributed by atoms with Crippen molar-refractivity contribution >= 4 is 11.9 Å². The number of halogens is 2. The number of nitrogens with one attached hydrogen (secondary N) is 2. The van der Waals surface area contributed by atoms with Crippen LogP contribution in [0.1, 0.15) is 51.9 Å². The quantitative estimate of drug-likeness (QED) is 0.800. The van der Waals surface area contributed by atoms with Gasteiger partial charge >= 0.3 is 6.03 Å². The molecule has 1 saturated heterocycles. The number of alkyl halides is 2. The second-order valence-electron chi connectivity index (χ2n) is 8.68. The number of piperidine rings is 1. The summed E-state index contributed by atoms with van der Waals surface area (Å²) >= 11 is 0. The molecule has 5 rings (SSSR count). The minimum atomic E-state index is -2.56. The molecule has 0 aromatic heterocycles. The summed E-state index contributed by atoms with van der Waals surface area (Å²) in [5.41, 5.74) is -0.442. The zero-order valence-electron chi connectivity index (χ0n) is 14.7. The van der Waals surface area contributed by atoms with E-state index < -0.39 is 23.3 Å². The Bertz CT molecular complexity index is 557.